The zero-order chi connectivity index (χ0) is 12.1. The minimum absolute atomic E-state index is 0.197. The van der Waals surface area contributed by atoms with Gasteiger partial charge in [0.1, 0.15) is 0 Å². The van der Waals surface area contributed by atoms with Gasteiger partial charge in [0.25, 0.3) is 5.91 Å². The van der Waals surface area contributed by atoms with Crippen LogP contribution in [0.2, 0.25) is 5.02 Å². The predicted molar refractivity (Wildman–Crippen MR) is 69.8 cm³/mol. The first-order valence-corrected chi connectivity index (χ1v) is 6.66. The van der Waals surface area contributed by atoms with Gasteiger partial charge in [0, 0.05) is 22.7 Å². The highest BCUT2D eigenvalue weighted by Gasteiger charge is 2.13. The van der Waals surface area contributed by atoms with Crippen LogP contribution >= 0.6 is 23.4 Å². The van der Waals surface area contributed by atoms with Crippen LogP contribution in [0.1, 0.15) is 5.56 Å². The van der Waals surface area contributed by atoms with Crippen LogP contribution in [0.4, 0.5) is 0 Å². The summed E-state index contributed by atoms with van der Waals surface area (Å²) in [5, 5.41) is 5.17. The molecule has 1 aromatic carbocycles. The van der Waals surface area contributed by atoms with Crippen molar-refractivity contribution >= 4 is 29.3 Å². The van der Waals surface area contributed by atoms with Gasteiger partial charge in [-0.3, -0.25) is 4.79 Å². The molecule has 1 aliphatic rings. The Morgan fingerprint density at radius 1 is 1.47 bits per heavy atom. The first-order chi connectivity index (χ1) is 8.27. The molecule has 0 saturated heterocycles. The number of benzene rings is 1. The Kier molecular flexibility index (Phi) is 4.34. The normalized spacial score (nSPS) is 14.8. The molecule has 1 aromatic rings. The summed E-state index contributed by atoms with van der Waals surface area (Å²) in [5.74, 6) is 1.08. The molecule has 1 aliphatic heterocycles. The molecule has 17 heavy (non-hydrogen) atoms. The van der Waals surface area contributed by atoms with Crippen molar-refractivity contribution < 1.29 is 9.53 Å². The van der Waals surface area contributed by atoms with Gasteiger partial charge in [0.05, 0.1) is 6.61 Å². The number of hydrogen-bond acceptors (Lipinski definition) is 3. The fourth-order valence-electron chi connectivity index (χ4n) is 1.39. The Morgan fingerprint density at radius 3 is 3.00 bits per heavy atom. The Balaban J connectivity index is 1.92. The van der Waals surface area contributed by atoms with Crippen LogP contribution in [0.25, 0.3) is 0 Å². The fraction of sp³-hybridized carbons (Fsp3) is 0.250. The van der Waals surface area contributed by atoms with Gasteiger partial charge in [-0.1, -0.05) is 29.8 Å². The van der Waals surface area contributed by atoms with Crippen LogP contribution in [0.5, 0.6) is 0 Å². The lowest BCUT2D eigenvalue weighted by Gasteiger charge is -2.14. The highest BCUT2D eigenvalue weighted by atomic mass is 35.5. The fourth-order valence-corrected chi connectivity index (χ4v) is 2.22. The molecule has 0 radical (unpaired) electrons. The lowest BCUT2D eigenvalue weighted by molar-refractivity contribution is -0.121. The van der Waals surface area contributed by atoms with Gasteiger partial charge in [-0.25, -0.2) is 0 Å². The molecule has 0 atom stereocenters. The molecule has 0 saturated carbocycles. The molecular weight excluding hydrogens is 258 g/mol. The smallest absolute Gasteiger partial charge is 0.287 e. The second-order valence-corrected chi connectivity index (χ2v) is 4.86. The first kappa shape index (κ1) is 12.3. The van der Waals surface area contributed by atoms with E-state index in [-0.39, 0.29) is 5.91 Å². The van der Waals surface area contributed by atoms with Gasteiger partial charge in [-0.15, -0.1) is 11.8 Å². The number of thioether (sulfide) groups is 1. The van der Waals surface area contributed by atoms with Crippen molar-refractivity contribution in [2.75, 3.05) is 12.4 Å². The van der Waals surface area contributed by atoms with Crippen molar-refractivity contribution in [3.05, 3.63) is 46.0 Å². The SMILES string of the molecule is O=C(NCc1ccccc1Cl)C1=CSCCO1. The summed E-state index contributed by atoms with van der Waals surface area (Å²) < 4.78 is 5.25. The number of halogens is 1. The van der Waals surface area contributed by atoms with Gasteiger partial charge in [-0.2, -0.15) is 0 Å². The molecule has 2 rings (SSSR count). The standard InChI is InChI=1S/C12H12ClNO2S/c13-10-4-2-1-3-9(10)7-14-12(15)11-8-17-6-5-16-11/h1-4,8H,5-7H2,(H,14,15). The summed E-state index contributed by atoms with van der Waals surface area (Å²) in [5.41, 5.74) is 0.895. The highest BCUT2D eigenvalue weighted by Crippen LogP contribution is 2.17. The first-order valence-electron chi connectivity index (χ1n) is 5.23. The maximum Gasteiger partial charge on any atom is 0.287 e. The highest BCUT2D eigenvalue weighted by molar-refractivity contribution is 8.02. The number of ether oxygens (including phenoxy) is 1. The van der Waals surface area contributed by atoms with E-state index in [4.69, 9.17) is 16.3 Å². The van der Waals surface area contributed by atoms with Gasteiger partial charge >= 0.3 is 0 Å². The van der Waals surface area contributed by atoms with Crippen LogP contribution in [-0.4, -0.2) is 18.3 Å². The second kappa shape index (κ2) is 5.98. The summed E-state index contributed by atoms with van der Waals surface area (Å²) >= 11 is 7.57. The van der Waals surface area contributed by atoms with E-state index < -0.39 is 0 Å². The van der Waals surface area contributed by atoms with E-state index in [1.807, 2.05) is 18.2 Å². The summed E-state index contributed by atoms with van der Waals surface area (Å²) in [4.78, 5) is 11.7. The summed E-state index contributed by atoms with van der Waals surface area (Å²) in [6, 6.07) is 7.43. The molecule has 5 heteroatoms. The average Bonchev–Trinajstić information content (AvgIpc) is 2.38. The van der Waals surface area contributed by atoms with Crippen LogP contribution in [0.15, 0.2) is 35.4 Å². The quantitative estimate of drug-likeness (QED) is 0.917. The minimum atomic E-state index is -0.197. The van der Waals surface area contributed by atoms with E-state index in [2.05, 4.69) is 5.32 Å². The molecular formula is C12H12ClNO2S. The van der Waals surface area contributed by atoms with Gasteiger partial charge in [-0.05, 0) is 11.6 Å². The molecule has 0 unspecified atom stereocenters. The van der Waals surface area contributed by atoms with Crippen molar-refractivity contribution in [3.63, 3.8) is 0 Å². The van der Waals surface area contributed by atoms with Crippen molar-refractivity contribution in [2.45, 2.75) is 6.54 Å². The van der Waals surface area contributed by atoms with Crippen LogP contribution in [0.3, 0.4) is 0 Å². The molecule has 1 heterocycles. The van der Waals surface area contributed by atoms with Crippen LogP contribution in [0, 0.1) is 0 Å². The van der Waals surface area contributed by atoms with Crippen LogP contribution in [-0.2, 0) is 16.1 Å². The van der Waals surface area contributed by atoms with E-state index in [1.165, 1.54) is 0 Å². The number of amides is 1. The van der Waals surface area contributed by atoms with E-state index in [9.17, 15) is 4.79 Å². The molecule has 0 aliphatic carbocycles. The van der Waals surface area contributed by atoms with Gasteiger partial charge < -0.3 is 10.1 Å². The Labute approximate surface area is 109 Å². The lowest BCUT2D eigenvalue weighted by Crippen LogP contribution is -2.27. The van der Waals surface area contributed by atoms with E-state index in [1.54, 1.807) is 23.2 Å². The number of rotatable bonds is 3. The van der Waals surface area contributed by atoms with E-state index >= 15 is 0 Å². The molecule has 3 nitrogen and oxygen atoms in total. The summed E-state index contributed by atoms with van der Waals surface area (Å²) in [6.45, 7) is 0.986. The number of carbonyl (C=O) groups excluding carboxylic acids is 1. The Hall–Kier alpha value is -1.13. The lowest BCUT2D eigenvalue weighted by atomic mass is 10.2. The third-order valence-electron chi connectivity index (χ3n) is 2.27. The van der Waals surface area contributed by atoms with Crippen molar-refractivity contribution in [2.24, 2.45) is 0 Å². The maximum absolute atomic E-state index is 11.7. The van der Waals surface area contributed by atoms with Crippen molar-refractivity contribution in [3.8, 4) is 0 Å². The zero-order valence-corrected chi connectivity index (χ0v) is 10.7. The number of carbonyl (C=O) groups is 1. The van der Waals surface area contributed by atoms with E-state index in [0.29, 0.717) is 23.9 Å². The van der Waals surface area contributed by atoms with Crippen molar-refractivity contribution in [1.82, 2.24) is 5.32 Å². The van der Waals surface area contributed by atoms with Crippen LogP contribution < -0.4 is 5.32 Å². The van der Waals surface area contributed by atoms with Crippen molar-refractivity contribution in [1.29, 1.82) is 0 Å². The Morgan fingerprint density at radius 2 is 2.29 bits per heavy atom. The topological polar surface area (TPSA) is 38.3 Å². The van der Waals surface area contributed by atoms with Gasteiger partial charge in [0.15, 0.2) is 5.76 Å². The molecule has 0 spiro atoms. The third-order valence-corrected chi connectivity index (χ3v) is 3.42. The molecule has 90 valence electrons. The van der Waals surface area contributed by atoms with E-state index in [0.717, 1.165) is 11.3 Å². The largest absolute Gasteiger partial charge is 0.487 e. The molecule has 0 fully saturated rings. The molecule has 1 N–H and O–H groups in total. The third kappa shape index (κ3) is 3.41. The molecule has 1 amide bonds. The minimum Gasteiger partial charge on any atom is -0.487 e. The average molecular weight is 270 g/mol. The maximum atomic E-state index is 11.7. The summed E-state index contributed by atoms with van der Waals surface area (Å²) in [6.07, 6.45) is 0. The number of nitrogens with one attached hydrogen (secondary N) is 1. The van der Waals surface area contributed by atoms with Gasteiger partial charge in [0.2, 0.25) is 0 Å². The monoisotopic (exact) mass is 269 g/mol. The summed E-state index contributed by atoms with van der Waals surface area (Å²) in [7, 11) is 0. The zero-order valence-electron chi connectivity index (χ0n) is 9.11. The molecule has 0 bridgehead atoms. The molecule has 0 aromatic heterocycles. The predicted octanol–water partition coefficient (Wildman–Crippen LogP) is 2.56. The number of hydrogen-bond donors (Lipinski definition) is 1. The Bertz CT molecular complexity index is 448. The second-order valence-electron chi connectivity index (χ2n) is 3.48.